The molecule has 2 aliphatic rings. The van der Waals surface area contributed by atoms with E-state index in [-0.39, 0.29) is 0 Å². The average Bonchev–Trinajstić information content (AvgIpc) is 2.25. The van der Waals surface area contributed by atoms with Crippen LogP contribution in [0.2, 0.25) is 0 Å². The van der Waals surface area contributed by atoms with Crippen LogP contribution in [0.3, 0.4) is 0 Å². The first-order chi connectivity index (χ1) is 7.24. The molecule has 0 radical (unpaired) electrons. The highest BCUT2D eigenvalue weighted by Crippen LogP contribution is 2.42. The Labute approximate surface area is 96.1 Å². The summed E-state index contributed by atoms with van der Waals surface area (Å²) < 4.78 is 0. The highest BCUT2D eigenvalue weighted by molar-refractivity contribution is 8.00. The van der Waals surface area contributed by atoms with E-state index >= 15 is 0 Å². The Morgan fingerprint density at radius 3 is 3.07 bits per heavy atom. The molecule has 2 heterocycles. The maximum Gasteiger partial charge on any atom is 0.233 e. The maximum atomic E-state index is 11.8. The first kappa shape index (κ1) is 11.1. The normalized spacial score (nSPS) is 29.6. The van der Waals surface area contributed by atoms with Gasteiger partial charge in [-0.25, -0.2) is 0 Å². The van der Waals surface area contributed by atoms with E-state index in [1.165, 1.54) is 24.8 Å². The van der Waals surface area contributed by atoms with E-state index in [9.17, 15) is 4.79 Å². The van der Waals surface area contributed by atoms with Crippen LogP contribution in [0.15, 0.2) is 11.8 Å². The topological polar surface area (TPSA) is 20.3 Å². The Bertz CT molecular complexity index is 287. The molecule has 0 aliphatic carbocycles. The number of amides is 1. The number of β-lactam (4-membered cyclic amide) rings is 1. The Hall–Kier alpha value is -0.440. The van der Waals surface area contributed by atoms with Crippen molar-refractivity contribution >= 4 is 17.7 Å². The van der Waals surface area contributed by atoms with Gasteiger partial charge in [-0.2, -0.15) is 0 Å². The van der Waals surface area contributed by atoms with Gasteiger partial charge in [0.1, 0.15) is 0 Å². The molecule has 2 aliphatic heterocycles. The van der Waals surface area contributed by atoms with Crippen LogP contribution < -0.4 is 0 Å². The van der Waals surface area contributed by atoms with Crippen LogP contribution in [-0.2, 0) is 4.79 Å². The number of carbonyl (C=O) groups excluding carboxylic acids is 1. The van der Waals surface area contributed by atoms with Crippen molar-refractivity contribution in [2.24, 2.45) is 5.92 Å². The molecule has 0 N–H and O–H groups in total. The van der Waals surface area contributed by atoms with Crippen molar-refractivity contribution in [3.63, 3.8) is 0 Å². The first-order valence-corrected chi connectivity index (χ1v) is 6.90. The lowest BCUT2D eigenvalue weighted by Crippen LogP contribution is -2.57. The molecule has 0 aromatic carbocycles. The molecular weight excluding hydrogens is 206 g/mol. The van der Waals surface area contributed by atoms with Crippen molar-refractivity contribution in [1.29, 1.82) is 0 Å². The van der Waals surface area contributed by atoms with Crippen molar-refractivity contribution in [2.75, 3.05) is 5.75 Å². The van der Waals surface area contributed by atoms with Gasteiger partial charge in [-0.3, -0.25) is 4.79 Å². The summed E-state index contributed by atoms with van der Waals surface area (Å²) in [5, 5.41) is 0.457. The number of rotatable bonds is 4. The molecule has 2 rings (SSSR count). The number of unbranched alkanes of at least 4 members (excludes halogenated alkanes) is 2. The molecule has 15 heavy (non-hydrogen) atoms. The minimum absolute atomic E-state index is 0.311. The lowest BCUT2D eigenvalue weighted by Gasteiger charge is -2.47. The van der Waals surface area contributed by atoms with Crippen molar-refractivity contribution in [3.8, 4) is 0 Å². The van der Waals surface area contributed by atoms with Gasteiger partial charge in [-0.05, 0) is 18.9 Å². The molecule has 0 aromatic rings. The number of hydrogen-bond donors (Lipinski definition) is 0. The summed E-state index contributed by atoms with van der Waals surface area (Å²) in [4.78, 5) is 13.7. The van der Waals surface area contributed by atoms with Gasteiger partial charge < -0.3 is 4.90 Å². The van der Waals surface area contributed by atoms with Crippen molar-refractivity contribution < 1.29 is 4.79 Å². The third kappa shape index (κ3) is 2.07. The summed E-state index contributed by atoms with van der Waals surface area (Å²) in [7, 11) is 0. The third-order valence-electron chi connectivity index (χ3n) is 3.15. The zero-order valence-electron chi connectivity index (χ0n) is 9.53. The minimum Gasteiger partial charge on any atom is -0.305 e. The number of thioether (sulfide) groups is 1. The molecule has 0 bridgehead atoms. The van der Waals surface area contributed by atoms with Crippen molar-refractivity contribution in [2.45, 2.75) is 44.9 Å². The number of nitrogens with zero attached hydrogens (tertiary/aromatic N) is 1. The van der Waals surface area contributed by atoms with Gasteiger partial charge in [0.25, 0.3) is 0 Å². The van der Waals surface area contributed by atoms with E-state index in [1.54, 1.807) is 0 Å². The van der Waals surface area contributed by atoms with E-state index in [2.05, 4.69) is 13.8 Å². The second-order valence-electron chi connectivity index (χ2n) is 4.52. The van der Waals surface area contributed by atoms with E-state index in [4.69, 9.17) is 0 Å². The molecule has 3 heteroatoms. The standard InChI is InChI=1S/C12H19NOS/c1-3-4-5-6-10-11(14)13-7-9(2)8-15-12(10)13/h7,10,12H,3-6,8H2,1-2H3/t10?,12-/m1/s1. The Balaban J connectivity index is 1.88. The van der Waals surface area contributed by atoms with Gasteiger partial charge in [0.2, 0.25) is 5.91 Å². The fourth-order valence-corrected chi connectivity index (χ4v) is 3.57. The van der Waals surface area contributed by atoms with Crippen LogP contribution in [0.4, 0.5) is 0 Å². The molecule has 0 spiro atoms. The zero-order chi connectivity index (χ0) is 10.8. The fraction of sp³-hybridized carbons (Fsp3) is 0.750. The van der Waals surface area contributed by atoms with Gasteiger partial charge in [0.15, 0.2) is 0 Å². The monoisotopic (exact) mass is 225 g/mol. The third-order valence-corrected chi connectivity index (χ3v) is 4.67. The largest absolute Gasteiger partial charge is 0.305 e. The molecule has 0 aromatic heterocycles. The molecule has 84 valence electrons. The predicted octanol–water partition coefficient (Wildman–Crippen LogP) is 3.00. The van der Waals surface area contributed by atoms with Crippen LogP contribution >= 0.6 is 11.8 Å². The highest BCUT2D eigenvalue weighted by Gasteiger charge is 2.47. The Kier molecular flexibility index (Phi) is 3.39. The molecule has 2 nitrogen and oxygen atoms in total. The van der Waals surface area contributed by atoms with Crippen LogP contribution in [0.1, 0.15) is 39.5 Å². The van der Waals surface area contributed by atoms with Gasteiger partial charge in [-0.1, -0.05) is 26.2 Å². The molecule has 1 saturated heterocycles. The van der Waals surface area contributed by atoms with Gasteiger partial charge in [0, 0.05) is 12.0 Å². The molecule has 1 fully saturated rings. The second-order valence-corrected chi connectivity index (χ2v) is 5.63. The summed E-state index contributed by atoms with van der Waals surface area (Å²) in [5.41, 5.74) is 1.32. The van der Waals surface area contributed by atoms with E-state index < -0.39 is 0 Å². The lowest BCUT2D eigenvalue weighted by molar-refractivity contribution is -0.146. The van der Waals surface area contributed by atoms with Crippen LogP contribution in [0.25, 0.3) is 0 Å². The second kappa shape index (κ2) is 4.60. The van der Waals surface area contributed by atoms with Gasteiger partial charge in [0.05, 0.1) is 11.3 Å². The SMILES string of the molecule is CCCCCC1C(=O)N2C=C(C)CS[C@H]12. The number of hydrogen-bond acceptors (Lipinski definition) is 2. The van der Waals surface area contributed by atoms with Crippen LogP contribution in [-0.4, -0.2) is 21.9 Å². The smallest absolute Gasteiger partial charge is 0.233 e. The molecular formula is C12H19NOS. The first-order valence-electron chi connectivity index (χ1n) is 5.85. The van der Waals surface area contributed by atoms with Crippen molar-refractivity contribution in [3.05, 3.63) is 11.8 Å². The molecule has 1 amide bonds. The Morgan fingerprint density at radius 2 is 2.33 bits per heavy atom. The highest BCUT2D eigenvalue weighted by atomic mass is 32.2. The average molecular weight is 225 g/mol. The maximum absolute atomic E-state index is 11.8. The van der Waals surface area contributed by atoms with Gasteiger partial charge in [-0.15, -0.1) is 11.8 Å². The van der Waals surface area contributed by atoms with E-state index in [0.29, 0.717) is 17.2 Å². The van der Waals surface area contributed by atoms with Gasteiger partial charge >= 0.3 is 0 Å². The fourth-order valence-electron chi connectivity index (χ4n) is 2.26. The van der Waals surface area contributed by atoms with E-state index in [1.807, 2.05) is 22.9 Å². The quantitative estimate of drug-likeness (QED) is 0.541. The summed E-state index contributed by atoms with van der Waals surface area (Å²) in [6.07, 6.45) is 6.84. The summed E-state index contributed by atoms with van der Waals surface area (Å²) in [6.45, 7) is 4.30. The van der Waals surface area contributed by atoms with E-state index in [0.717, 1.165) is 12.2 Å². The summed E-state index contributed by atoms with van der Waals surface area (Å²) in [6, 6.07) is 0. The number of carbonyl (C=O) groups is 1. The minimum atomic E-state index is 0.311. The molecule has 2 atom stereocenters. The van der Waals surface area contributed by atoms with Crippen LogP contribution in [0.5, 0.6) is 0 Å². The van der Waals surface area contributed by atoms with Crippen molar-refractivity contribution in [1.82, 2.24) is 4.90 Å². The molecule has 1 unspecified atom stereocenters. The molecule has 0 saturated carbocycles. The summed E-state index contributed by atoms with van der Waals surface area (Å²) >= 11 is 1.93. The van der Waals surface area contributed by atoms with Crippen LogP contribution in [0, 0.1) is 5.92 Å². The Morgan fingerprint density at radius 1 is 1.53 bits per heavy atom. The summed E-state index contributed by atoms with van der Waals surface area (Å²) in [5.74, 6) is 1.76. The lowest BCUT2D eigenvalue weighted by atomic mass is 9.92. The zero-order valence-corrected chi connectivity index (χ0v) is 10.3. The number of fused-ring (bicyclic) bond motifs is 1. The predicted molar refractivity (Wildman–Crippen MR) is 64.5 cm³/mol.